The summed E-state index contributed by atoms with van der Waals surface area (Å²) in [5.74, 6) is -1.69. The molecule has 0 spiro atoms. The number of halogens is 3. The number of carbonyl (C=O) groups excluding carboxylic acids is 2. The van der Waals surface area contributed by atoms with Crippen LogP contribution in [0.25, 0.3) is 6.08 Å². The van der Waals surface area contributed by atoms with Crippen molar-refractivity contribution in [2.45, 2.75) is 0 Å². The Bertz CT molecular complexity index is 945. The SMILES string of the molecule is O=C(NN1C(=O)/C(=C\c2c(F)cccc2Cl)SC1=S)c1cccc(Cl)c1. The van der Waals surface area contributed by atoms with E-state index in [1.54, 1.807) is 18.2 Å². The van der Waals surface area contributed by atoms with Gasteiger partial charge in [-0.15, -0.1) is 0 Å². The molecule has 132 valence electrons. The Balaban J connectivity index is 1.83. The van der Waals surface area contributed by atoms with Crippen molar-refractivity contribution in [3.63, 3.8) is 0 Å². The van der Waals surface area contributed by atoms with E-state index in [0.717, 1.165) is 16.8 Å². The van der Waals surface area contributed by atoms with Gasteiger partial charge in [-0.25, -0.2) is 4.39 Å². The number of thiocarbonyl (C=S) groups is 1. The van der Waals surface area contributed by atoms with Crippen molar-refractivity contribution in [2.75, 3.05) is 0 Å². The second-order valence-electron chi connectivity index (χ2n) is 5.10. The maximum absolute atomic E-state index is 13.9. The summed E-state index contributed by atoms with van der Waals surface area (Å²) in [5.41, 5.74) is 2.77. The summed E-state index contributed by atoms with van der Waals surface area (Å²) >= 11 is 17.9. The number of rotatable bonds is 3. The van der Waals surface area contributed by atoms with Crippen molar-refractivity contribution in [1.29, 1.82) is 0 Å². The third-order valence-electron chi connectivity index (χ3n) is 3.37. The predicted octanol–water partition coefficient (Wildman–Crippen LogP) is 4.68. The van der Waals surface area contributed by atoms with Crippen LogP contribution in [-0.4, -0.2) is 21.1 Å². The molecule has 0 atom stereocenters. The predicted molar refractivity (Wildman–Crippen MR) is 105 cm³/mol. The van der Waals surface area contributed by atoms with Crippen molar-refractivity contribution in [3.05, 3.63) is 74.4 Å². The van der Waals surface area contributed by atoms with E-state index in [0.29, 0.717) is 5.02 Å². The molecule has 0 unspecified atom stereocenters. The normalized spacial score (nSPS) is 15.7. The van der Waals surface area contributed by atoms with E-state index in [4.69, 9.17) is 35.4 Å². The summed E-state index contributed by atoms with van der Waals surface area (Å²) in [6.45, 7) is 0. The lowest BCUT2D eigenvalue weighted by atomic mass is 10.2. The summed E-state index contributed by atoms with van der Waals surface area (Å²) in [4.78, 5) is 25.0. The molecule has 2 aromatic rings. The Kier molecular flexibility index (Phi) is 5.62. The molecule has 26 heavy (non-hydrogen) atoms. The number of nitrogens with zero attached hydrogens (tertiary/aromatic N) is 1. The zero-order chi connectivity index (χ0) is 18.8. The fourth-order valence-electron chi connectivity index (χ4n) is 2.14. The van der Waals surface area contributed by atoms with Crippen LogP contribution in [0.4, 0.5) is 4.39 Å². The Morgan fingerprint density at radius 3 is 2.65 bits per heavy atom. The highest BCUT2D eigenvalue weighted by molar-refractivity contribution is 8.26. The highest BCUT2D eigenvalue weighted by Crippen LogP contribution is 2.33. The third kappa shape index (κ3) is 3.91. The number of hydrazine groups is 1. The molecule has 1 aliphatic heterocycles. The van der Waals surface area contributed by atoms with Gasteiger partial charge in [0.15, 0.2) is 4.32 Å². The second-order valence-corrected chi connectivity index (χ2v) is 7.62. The summed E-state index contributed by atoms with van der Waals surface area (Å²) in [6.07, 6.45) is 1.31. The maximum atomic E-state index is 13.9. The van der Waals surface area contributed by atoms with E-state index in [-0.39, 0.29) is 25.4 Å². The van der Waals surface area contributed by atoms with Crippen LogP contribution in [0.2, 0.25) is 10.0 Å². The fourth-order valence-corrected chi connectivity index (χ4v) is 3.71. The Hall–Kier alpha value is -1.93. The average Bonchev–Trinajstić information content (AvgIpc) is 2.85. The van der Waals surface area contributed by atoms with Crippen LogP contribution in [0, 0.1) is 5.82 Å². The molecule has 4 nitrogen and oxygen atoms in total. The zero-order valence-corrected chi connectivity index (χ0v) is 16.0. The van der Waals surface area contributed by atoms with Crippen LogP contribution >= 0.6 is 47.2 Å². The molecule has 1 N–H and O–H groups in total. The average molecular weight is 427 g/mol. The lowest BCUT2D eigenvalue weighted by Gasteiger charge is -2.15. The second kappa shape index (κ2) is 7.75. The molecule has 0 saturated carbocycles. The smallest absolute Gasteiger partial charge is 0.267 e. The van der Waals surface area contributed by atoms with Crippen LogP contribution in [0.3, 0.4) is 0 Å². The van der Waals surface area contributed by atoms with Crippen LogP contribution in [-0.2, 0) is 4.79 Å². The topological polar surface area (TPSA) is 49.4 Å². The van der Waals surface area contributed by atoms with Gasteiger partial charge in [0.05, 0.1) is 9.93 Å². The van der Waals surface area contributed by atoms with Crippen molar-refractivity contribution in [3.8, 4) is 0 Å². The molecular weight excluding hydrogens is 418 g/mol. The number of amides is 2. The quantitative estimate of drug-likeness (QED) is 0.571. The van der Waals surface area contributed by atoms with Crippen LogP contribution < -0.4 is 5.43 Å². The van der Waals surface area contributed by atoms with Gasteiger partial charge in [0.2, 0.25) is 0 Å². The zero-order valence-electron chi connectivity index (χ0n) is 12.8. The number of hydrogen-bond acceptors (Lipinski definition) is 4. The van der Waals surface area contributed by atoms with Crippen molar-refractivity contribution in [1.82, 2.24) is 10.4 Å². The van der Waals surface area contributed by atoms with Crippen LogP contribution in [0.15, 0.2) is 47.4 Å². The van der Waals surface area contributed by atoms with Gasteiger partial charge in [-0.05, 0) is 48.6 Å². The number of nitrogens with one attached hydrogen (secondary N) is 1. The maximum Gasteiger partial charge on any atom is 0.285 e. The first kappa shape index (κ1) is 18.8. The van der Waals surface area contributed by atoms with Gasteiger partial charge in [-0.3, -0.25) is 15.0 Å². The number of hydrogen-bond donors (Lipinski definition) is 1. The number of benzene rings is 2. The number of thioether (sulfide) groups is 1. The first-order chi connectivity index (χ1) is 12.4. The van der Waals surface area contributed by atoms with Crippen molar-refractivity contribution >= 4 is 69.4 Å². The summed E-state index contributed by atoms with van der Waals surface area (Å²) in [6, 6.07) is 10.5. The molecule has 2 amide bonds. The van der Waals surface area contributed by atoms with Gasteiger partial charge in [0.1, 0.15) is 5.82 Å². The minimum atomic E-state index is -0.574. The first-order valence-corrected chi connectivity index (χ1v) is 9.13. The monoisotopic (exact) mass is 426 g/mol. The summed E-state index contributed by atoms with van der Waals surface area (Å²) in [7, 11) is 0. The molecule has 9 heteroatoms. The molecule has 1 saturated heterocycles. The minimum absolute atomic E-state index is 0.0795. The Labute approximate surface area is 167 Å². The van der Waals surface area contributed by atoms with Crippen LogP contribution in [0.1, 0.15) is 15.9 Å². The van der Waals surface area contributed by atoms with E-state index < -0.39 is 17.6 Å². The molecule has 0 bridgehead atoms. The Morgan fingerprint density at radius 2 is 1.96 bits per heavy atom. The van der Waals surface area contributed by atoms with E-state index in [2.05, 4.69) is 5.43 Å². The molecule has 1 aliphatic rings. The fraction of sp³-hybridized carbons (Fsp3) is 0. The summed E-state index contributed by atoms with van der Waals surface area (Å²) < 4.78 is 14.0. The Morgan fingerprint density at radius 1 is 1.23 bits per heavy atom. The van der Waals surface area contributed by atoms with E-state index >= 15 is 0 Å². The summed E-state index contributed by atoms with van der Waals surface area (Å²) in [5, 5.41) is 1.49. The standard InChI is InChI=1S/C17H9Cl2FN2O2S2/c18-10-4-1-3-9(7-10)15(23)21-22-16(24)14(26-17(22)25)8-11-12(19)5-2-6-13(11)20/h1-8H,(H,21,23)/b14-8+. The highest BCUT2D eigenvalue weighted by atomic mass is 35.5. The lowest BCUT2D eigenvalue weighted by molar-refractivity contribution is -0.123. The largest absolute Gasteiger partial charge is 0.285 e. The van der Waals surface area contributed by atoms with Gasteiger partial charge in [-0.1, -0.05) is 47.1 Å². The van der Waals surface area contributed by atoms with E-state index in [1.807, 2.05) is 0 Å². The van der Waals surface area contributed by atoms with Gasteiger partial charge in [0, 0.05) is 16.1 Å². The number of carbonyl (C=O) groups is 2. The van der Waals surface area contributed by atoms with E-state index in [1.165, 1.54) is 30.3 Å². The van der Waals surface area contributed by atoms with Gasteiger partial charge >= 0.3 is 0 Å². The van der Waals surface area contributed by atoms with Gasteiger partial charge < -0.3 is 0 Å². The third-order valence-corrected chi connectivity index (χ3v) is 5.24. The molecule has 3 rings (SSSR count). The highest BCUT2D eigenvalue weighted by Gasteiger charge is 2.34. The minimum Gasteiger partial charge on any atom is -0.267 e. The molecule has 1 heterocycles. The molecule has 0 aromatic heterocycles. The van der Waals surface area contributed by atoms with Gasteiger partial charge in [0.25, 0.3) is 11.8 Å². The molecule has 1 fully saturated rings. The molecule has 0 radical (unpaired) electrons. The molecular formula is C17H9Cl2FN2O2S2. The molecule has 0 aliphatic carbocycles. The first-order valence-electron chi connectivity index (χ1n) is 7.15. The lowest BCUT2D eigenvalue weighted by Crippen LogP contribution is -2.44. The molecule has 2 aromatic carbocycles. The van der Waals surface area contributed by atoms with Gasteiger partial charge in [-0.2, -0.15) is 5.01 Å². The van der Waals surface area contributed by atoms with Crippen LogP contribution in [0.5, 0.6) is 0 Å². The van der Waals surface area contributed by atoms with E-state index in [9.17, 15) is 14.0 Å². The van der Waals surface area contributed by atoms with Crippen molar-refractivity contribution < 1.29 is 14.0 Å². The van der Waals surface area contributed by atoms with Crippen molar-refractivity contribution in [2.24, 2.45) is 0 Å².